The zero-order valence-electron chi connectivity index (χ0n) is 16.2. The highest BCUT2D eigenvalue weighted by atomic mass is 32.2. The lowest BCUT2D eigenvalue weighted by Gasteiger charge is -2.17. The average Bonchev–Trinajstić information content (AvgIpc) is 2.92. The summed E-state index contributed by atoms with van der Waals surface area (Å²) in [6.45, 7) is 8.19. The smallest absolute Gasteiger partial charge is 0.233 e. The van der Waals surface area contributed by atoms with Gasteiger partial charge in [0.15, 0.2) is 9.84 Å². The maximum atomic E-state index is 12.5. The van der Waals surface area contributed by atoms with E-state index in [1.807, 2.05) is 13.0 Å². The van der Waals surface area contributed by atoms with E-state index in [1.54, 1.807) is 0 Å². The number of carbonyl (C=O) groups excluding carboxylic acids is 1. The van der Waals surface area contributed by atoms with Crippen molar-refractivity contribution in [3.8, 4) is 0 Å². The molecular weight excluding hydrogens is 380 g/mol. The molecule has 7 heteroatoms. The number of nitrogens with one attached hydrogen (secondary N) is 1. The van der Waals surface area contributed by atoms with Crippen molar-refractivity contribution in [2.45, 2.75) is 56.4 Å². The van der Waals surface area contributed by atoms with E-state index in [0.29, 0.717) is 12.3 Å². The quantitative estimate of drug-likeness (QED) is 0.770. The summed E-state index contributed by atoms with van der Waals surface area (Å²) in [5, 5.41) is 4.48. The first kappa shape index (κ1) is 20.1. The molecule has 0 bridgehead atoms. The van der Waals surface area contributed by atoms with Gasteiger partial charge in [-0.1, -0.05) is 43.8 Å². The van der Waals surface area contributed by atoms with Gasteiger partial charge >= 0.3 is 0 Å². The molecule has 2 heterocycles. The number of pyridine rings is 1. The molecule has 1 amide bonds. The zero-order chi connectivity index (χ0) is 19.8. The van der Waals surface area contributed by atoms with Crippen molar-refractivity contribution in [2.75, 3.05) is 11.5 Å². The van der Waals surface area contributed by atoms with Gasteiger partial charge in [-0.2, -0.15) is 0 Å². The van der Waals surface area contributed by atoms with E-state index in [4.69, 9.17) is 4.98 Å². The molecule has 3 rings (SSSR count). The number of carbonyl (C=O) groups is 1. The number of hydrogen-bond donors (Lipinski definition) is 1. The Morgan fingerprint density at radius 2 is 2.04 bits per heavy atom. The molecule has 0 radical (unpaired) electrons. The van der Waals surface area contributed by atoms with Crippen LogP contribution >= 0.6 is 11.8 Å². The van der Waals surface area contributed by atoms with Gasteiger partial charge < -0.3 is 5.32 Å². The second kappa shape index (κ2) is 7.80. The first-order valence-electron chi connectivity index (χ1n) is 9.24. The van der Waals surface area contributed by atoms with Crippen LogP contribution in [0.1, 0.15) is 44.2 Å². The lowest BCUT2D eigenvalue weighted by atomic mass is 9.98. The minimum Gasteiger partial charge on any atom is -0.351 e. The SMILES string of the molecule is Cc1cc(S[C@@H](C)C(=O)N[C@@H]2CCS(=O)(=O)C2)nc2c(C(C)C)cccc12. The Labute approximate surface area is 165 Å². The van der Waals surface area contributed by atoms with Crippen LogP contribution in [0.15, 0.2) is 29.3 Å². The van der Waals surface area contributed by atoms with Crippen molar-refractivity contribution < 1.29 is 13.2 Å². The summed E-state index contributed by atoms with van der Waals surface area (Å²) < 4.78 is 23.1. The number of sulfone groups is 1. The van der Waals surface area contributed by atoms with Gasteiger partial charge in [-0.05, 0) is 43.4 Å². The van der Waals surface area contributed by atoms with Gasteiger partial charge in [0, 0.05) is 11.4 Å². The van der Waals surface area contributed by atoms with Crippen molar-refractivity contribution in [3.05, 3.63) is 35.4 Å². The van der Waals surface area contributed by atoms with E-state index in [1.165, 1.54) is 17.3 Å². The highest BCUT2D eigenvalue weighted by molar-refractivity contribution is 8.00. The Balaban J connectivity index is 1.77. The highest BCUT2D eigenvalue weighted by Gasteiger charge is 2.30. The summed E-state index contributed by atoms with van der Waals surface area (Å²) in [6, 6.07) is 7.98. The standard InChI is InChI=1S/C20H26N2O3S2/c1-12(2)16-6-5-7-17-13(3)10-18(22-19(16)17)26-14(4)20(23)21-15-8-9-27(24,25)11-15/h5-7,10,12,14-15H,8-9,11H2,1-4H3,(H,21,23)/t14-,15+/m0/s1. The Bertz CT molecular complexity index is 971. The molecule has 1 N–H and O–H groups in total. The largest absolute Gasteiger partial charge is 0.351 e. The minimum atomic E-state index is -3.00. The van der Waals surface area contributed by atoms with E-state index in [9.17, 15) is 13.2 Å². The number of aryl methyl sites for hydroxylation is 1. The Kier molecular flexibility index (Phi) is 5.82. The predicted octanol–water partition coefficient (Wildman–Crippen LogP) is 3.45. The molecule has 1 aliphatic rings. The first-order chi connectivity index (χ1) is 12.7. The third-order valence-corrected chi connectivity index (χ3v) is 7.71. The highest BCUT2D eigenvalue weighted by Crippen LogP contribution is 2.31. The molecule has 0 spiro atoms. The number of fused-ring (bicyclic) bond motifs is 1. The number of thioether (sulfide) groups is 1. The molecule has 0 unspecified atom stereocenters. The predicted molar refractivity (Wildman–Crippen MR) is 111 cm³/mol. The molecule has 1 aliphatic heterocycles. The summed E-state index contributed by atoms with van der Waals surface area (Å²) in [5.74, 6) is 0.425. The monoisotopic (exact) mass is 406 g/mol. The van der Waals surface area contributed by atoms with Crippen LogP contribution in [-0.4, -0.2) is 42.1 Å². The fourth-order valence-corrected chi connectivity index (χ4v) is 6.00. The lowest BCUT2D eigenvalue weighted by molar-refractivity contribution is -0.120. The Morgan fingerprint density at radius 1 is 1.30 bits per heavy atom. The summed E-state index contributed by atoms with van der Waals surface area (Å²) in [5.41, 5.74) is 3.33. The molecule has 1 fully saturated rings. The van der Waals surface area contributed by atoms with Crippen molar-refractivity contribution >= 4 is 38.4 Å². The number of rotatable bonds is 5. The Hall–Kier alpha value is -1.60. The van der Waals surface area contributed by atoms with Crippen LogP contribution < -0.4 is 5.32 Å². The average molecular weight is 407 g/mol. The topological polar surface area (TPSA) is 76.1 Å². The third-order valence-electron chi connectivity index (χ3n) is 4.92. The van der Waals surface area contributed by atoms with Crippen molar-refractivity contribution in [1.82, 2.24) is 10.3 Å². The first-order valence-corrected chi connectivity index (χ1v) is 11.9. The van der Waals surface area contributed by atoms with E-state index in [-0.39, 0.29) is 28.7 Å². The molecule has 27 heavy (non-hydrogen) atoms. The molecular formula is C20H26N2O3S2. The van der Waals surface area contributed by atoms with Gasteiger partial charge in [-0.15, -0.1) is 0 Å². The summed E-state index contributed by atoms with van der Waals surface area (Å²) in [7, 11) is -3.00. The molecule has 5 nitrogen and oxygen atoms in total. The molecule has 0 saturated carbocycles. The number of nitrogens with zero attached hydrogens (tertiary/aromatic N) is 1. The fraction of sp³-hybridized carbons (Fsp3) is 0.500. The second-order valence-electron chi connectivity index (χ2n) is 7.54. The van der Waals surface area contributed by atoms with Gasteiger partial charge in [0.25, 0.3) is 0 Å². The summed E-state index contributed by atoms with van der Waals surface area (Å²) in [4.78, 5) is 17.3. The molecule has 1 saturated heterocycles. The van der Waals surface area contributed by atoms with Gasteiger partial charge in [0.2, 0.25) is 5.91 Å². The molecule has 0 aliphatic carbocycles. The van der Waals surface area contributed by atoms with Crippen LogP contribution in [0.4, 0.5) is 0 Å². The van der Waals surface area contributed by atoms with Crippen LogP contribution in [-0.2, 0) is 14.6 Å². The number of hydrogen-bond acceptors (Lipinski definition) is 5. The zero-order valence-corrected chi connectivity index (χ0v) is 17.8. The van der Waals surface area contributed by atoms with Gasteiger partial charge in [-0.25, -0.2) is 13.4 Å². The van der Waals surface area contributed by atoms with Crippen LogP contribution in [0.5, 0.6) is 0 Å². The Morgan fingerprint density at radius 3 is 2.67 bits per heavy atom. The molecule has 2 aromatic rings. The molecule has 146 valence electrons. The van der Waals surface area contributed by atoms with Crippen molar-refractivity contribution in [2.24, 2.45) is 0 Å². The maximum absolute atomic E-state index is 12.5. The fourth-order valence-electron chi connectivity index (χ4n) is 3.40. The summed E-state index contributed by atoms with van der Waals surface area (Å²) in [6.07, 6.45) is 0.497. The van der Waals surface area contributed by atoms with Crippen LogP contribution in [0.2, 0.25) is 0 Å². The van der Waals surface area contributed by atoms with Crippen LogP contribution in [0.25, 0.3) is 10.9 Å². The van der Waals surface area contributed by atoms with E-state index < -0.39 is 9.84 Å². The third kappa shape index (κ3) is 4.63. The van der Waals surface area contributed by atoms with Crippen molar-refractivity contribution in [1.29, 1.82) is 0 Å². The number of aromatic nitrogens is 1. The normalized spacial score (nSPS) is 20.1. The van der Waals surface area contributed by atoms with Crippen molar-refractivity contribution in [3.63, 3.8) is 0 Å². The maximum Gasteiger partial charge on any atom is 0.233 e. The van der Waals surface area contributed by atoms with Gasteiger partial charge in [0.05, 0.1) is 27.3 Å². The second-order valence-corrected chi connectivity index (χ2v) is 11.1. The lowest BCUT2D eigenvalue weighted by Crippen LogP contribution is -2.39. The van der Waals surface area contributed by atoms with E-state index in [0.717, 1.165) is 21.5 Å². The number of amides is 1. The van der Waals surface area contributed by atoms with Gasteiger partial charge in [0.1, 0.15) is 0 Å². The molecule has 1 aromatic heterocycles. The minimum absolute atomic E-state index is 0.0429. The van der Waals surface area contributed by atoms with E-state index >= 15 is 0 Å². The van der Waals surface area contributed by atoms with E-state index in [2.05, 4.69) is 44.3 Å². The number of para-hydroxylation sites is 1. The van der Waals surface area contributed by atoms with Crippen LogP contribution in [0, 0.1) is 6.92 Å². The number of benzene rings is 1. The molecule has 2 atom stereocenters. The van der Waals surface area contributed by atoms with Crippen LogP contribution in [0.3, 0.4) is 0 Å². The summed E-state index contributed by atoms with van der Waals surface area (Å²) >= 11 is 1.41. The molecule has 1 aromatic carbocycles. The van der Waals surface area contributed by atoms with Gasteiger partial charge in [-0.3, -0.25) is 4.79 Å².